The number of hydrogen-bond donors (Lipinski definition) is 1. The fourth-order valence-electron chi connectivity index (χ4n) is 1.83. The molecule has 0 radical (unpaired) electrons. The Kier molecular flexibility index (Phi) is 4.80. The summed E-state index contributed by atoms with van der Waals surface area (Å²) >= 11 is 1.06. The molecule has 24 heavy (non-hydrogen) atoms. The zero-order chi connectivity index (χ0) is 18.3. The summed E-state index contributed by atoms with van der Waals surface area (Å²) in [5.41, 5.74) is -8.02. The minimum absolute atomic E-state index is 0.0481. The maximum atomic E-state index is 13.2. The number of hydrogen-bond acceptors (Lipinski definition) is 6. The Bertz CT molecular complexity index is 773. The van der Waals surface area contributed by atoms with Crippen LogP contribution in [0.25, 0.3) is 0 Å². The quantitative estimate of drug-likeness (QED) is 0.475. The smallest absolute Gasteiger partial charge is 0.260 e. The highest BCUT2D eigenvalue weighted by Crippen LogP contribution is 2.40. The molecule has 2 N–H and O–H groups in total. The number of benzene rings is 1. The van der Waals surface area contributed by atoms with Crippen molar-refractivity contribution in [2.75, 3.05) is 17.3 Å². The van der Waals surface area contributed by atoms with E-state index in [0.29, 0.717) is 29.4 Å². The van der Waals surface area contributed by atoms with Gasteiger partial charge in [0.05, 0.1) is 22.7 Å². The second-order valence-electron chi connectivity index (χ2n) is 4.51. The number of alkyl halides is 6. The molecule has 2 rings (SSSR count). The number of rotatable bonds is 2. The molecule has 0 aromatic heterocycles. The van der Waals surface area contributed by atoms with Crippen molar-refractivity contribution < 1.29 is 34.8 Å². The topological polar surface area (TPSA) is 75.8 Å². The molecule has 1 heterocycles. The van der Waals surface area contributed by atoms with E-state index in [-0.39, 0.29) is 11.2 Å². The van der Waals surface area contributed by atoms with Crippen molar-refractivity contribution in [2.24, 2.45) is 10.8 Å². The normalized spacial score (nSPS) is 16.2. The molecule has 0 unspecified atom stereocenters. The molecule has 0 spiro atoms. The largest absolute Gasteiger partial charge is 0.501 e. The molecule has 1 aromatic rings. The molecule has 1 aliphatic rings. The van der Waals surface area contributed by atoms with E-state index < -0.39 is 37.7 Å². The molecule has 0 aliphatic carbocycles. The number of thioether (sulfide) groups is 1. The van der Waals surface area contributed by atoms with Crippen LogP contribution in [0.2, 0.25) is 0 Å². The minimum Gasteiger partial charge on any atom is -0.260 e. The Morgan fingerprint density at radius 3 is 2.25 bits per heavy atom. The zero-order valence-electron chi connectivity index (χ0n) is 11.5. The number of halogens is 6. The third-order valence-electron chi connectivity index (χ3n) is 2.92. The molecule has 1 aliphatic heterocycles. The van der Waals surface area contributed by atoms with Gasteiger partial charge in [-0.2, -0.15) is 26.3 Å². The van der Waals surface area contributed by atoms with Gasteiger partial charge in [0.2, 0.25) is 0 Å². The highest BCUT2D eigenvalue weighted by molar-refractivity contribution is 8.14. The minimum atomic E-state index is -5.92. The predicted octanol–water partition coefficient (Wildman–Crippen LogP) is 2.78. The van der Waals surface area contributed by atoms with Crippen molar-refractivity contribution >= 4 is 32.5 Å². The lowest BCUT2D eigenvalue weighted by Crippen LogP contribution is -2.36. The lowest BCUT2D eigenvalue weighted by Gasteiger charge is -2.23. The predicted molar refractivity (Wildman–Crippen MR) is 76.1 cm³/mol. The van der Waals surface area contributed by atoms with Crippen molar-refractivity contribution in [2.45, 2.75) is 16.6 Å². The summed E-state index contributed by atoms with van der Waals surface area (Å²) < 4.78 is 99.7. The zero-order valence-corrected chi connectivity index (χ0v) is 13.2. The van der Waals surface area contributed by atoms with Crippen LogP contribution in [0.4, 0.5) is 32.0 Å². The molecule has 13 heteroatoms. The molecular formula is C11H9F6N3O2S2. The number of anilines is 1. The van der Waals surface area contributed by atoms with E-state index >= 15 is 0 Å². The van der Waals surface area contributed by atoms with Crippen molar-refractivity contribution in [1.29, 1.82) is 0 Å². The second kappa shape index (κ2) is 6.11. The van der Waals surface area contributed by atoms with E-state index in [1.807, 2.05) is 0 Å². The van der Waals surface area contributed by atoms with Gasteiger partial charge in [0.15, 0.2) is 5.17 Å². The van der Waals surface area contributed by atoms with Gasteiger partial charge in [-0.05, 0) is 18.2 Å². The van der Waals surface area contributed by atoms with E-state index in [1.165, 1.54) is 0 Å². The van der Waals surface area contributed by atoms with Crippen molar-refractivity contribution in [1.82, 2.24) is 0 Å². The summed E-state index contributed by atoms with van der Waals surface area (Å²) in [6.45, 7) is 0.329. The summed E-state index contributed by atoms with van der Waals surface area (Å²) in [5.74, 6) is 6.04. The van der Waals surface area contributed by atoms with Crippen LogP contribution in [0.3, 0.4) is 0 Å². The monoisotopic (exact) mass is 393 g/mol. The first-order valence-corrected chi connectivity index (χ1v) is 8.57. The molecule has 0 saturated carbocycles. The first-order valence-electron chi connectivity index (χ1n) is 6.10. The molecule has 0 fully saturated rings. The molecule has 134 valence electrons. The maximum absolute atomic E-state index is 13.2. The van der Waals surface area contributed by atoms with E-state index in [9.17, 15) is 34.8 Å². The van der Waals surface area contributed by atoms with Gasteiger partial charge in [-0.3, -0.25) is 10.0 Å². The van der Waals surface area contributed by atoms with E-state index in [2.05, 4.69) is 4.99 Å². The molecule has 0 atom stereocenters. The van der Waals surface area contributed by atoms with Gasteiger partial charge in [0, 0.05) is 5.75 Å². The van der Waals surface area contributed by atoms with E-state index in [0.717, 1.165) is 11.8 Å². The third kappa shape index (κ3) is 3.47. The number of hydrazine groups is 1. The molecular weight excluding hydrogens is 384 g/mol. The lowest BCUT2D eigenvalue weighted by atomic mass is 10.1. The van der Waals surface area contributed by atoms with Crippen LogP contribution in [0.1, 0.15) is 5.56 Å². The van der Waals surface area contributed by atoms with Crippen molar-refractivity contribution in [3.8, 4) is 0 Å². The van der Waals surface area contributed by atoms with Gasteiger partial charge in [-0.15, -0.1) is 0 Å². The van der Waals surface area contributed by atoms with Crippen LogP contribution < -0.4 is 10.9 Å². The van der Waals surface area contributed by atoms with E-state index in [4.69, 9.17) is 5.84 Å². The molecule has 0 bridgehead atoms. The number of nitrogens with two attached hydrogens (primary N) is 1. The van der Waals surface area contributed by atoms with Crippen molar-refractivity contribution in [3.63, 3.8) is 0 Å². The highest BCUT2D eigenvalue weighted by Gasteiger charge is 2.48. The Balaban J connectivity index is 2.59. The number of nitrogens with zero attached hydrogens (tertiary/aromatic N) is 2. The second-order valence-corrected chi connectivity index (χ2v) is 7.51. The van der Waals surface area contributed by atoms with Crippen LogP contribution in [0.15, 0.2) is 28.1 Å². The standard InChI is InChI=1S/C11H9F6N3O2S2/c12-10(13,14)7-5-6(24(21,22)11(15,16)17)1-2-8(7)20(18)9-19-3-4-23-9/h1-2,5H,3-4,18H2. The first kappa shape index (κ1) is 18.9. The fourth-order valence-corrected chi connectivity index (χ4v) is 3.40. The SMILES string of the molecule is NN(C1=NCCS1)c1ccc(S(=O)(=O)C(F)(F)F)cc1C(F)(F)F. The Morgan fingerprint density at radius 2 is 1.79 bits per heavy atom. The number of sulfone groups is 1. The van der Waals surface area contributed by atoms with Gasteiger partial charge >= 0.3 is 11.7 Å². The van der Waals surface area contributed by atoms with E-state index in [1.54, 1.807) is 0 Å². The summed E-state index contributed by atoms with van der Waals surface area (Å²) in [5, 5.41) is 0.622. The molecule has 0 saturated heterocycles. The van der Waals surface area contributed by atoms with Crippen LogP contribution >= 0.6 is 11.8 Å². The number of amidine groups is 1. The fraction of sp³-hybridized carbons (Fsp3) is 0.364. The van der Waals surface area contributed by atoms with Gasteiger partial charge in [-0.1, -0.05) is 11.8 Å². The molecule has 1 aromatic carbocycles. The van der Waals surface area contributed by atoms with Gasteiger partial charge < -0.3 is 0 Å². The first-order chi connectivity index (χ1) is 10.9. The van der Waals surface area contributed by atoms with Crippen molar-refractivity contribution in [3.05, 3.63) is 23.8 Å². The average molecular weight is 393 g/mol. The van der Waals surface area contributed by atoms with Gasteiger partial charge in [0.25, 0.3) is 9.84 Å². The third-order valence-corrected chi connectivity index (χ3v) is 5.38. The average Bonchev–Trinajstić information content (AvgIpc) is 2.97. The summed E-state index contributed by atoms with van der Waals surface area (Å²) in [7, 11) is -5.92. The molecule has 0 amide bonds. The van der Waals surface area contributed by atoms with Crippen LogP contribution in [-0.4, -0.2) is 31.4 Å². The summed E-state index contributed by atoms with van der Waals surface area (Å²) in [6, 6.07) is 0.911. The van der Waals surface area contributed by atoms with Crippen LogP contribution in [0, 0.1) is 0 Å². The lowest BCUT2D eigenvalue weighted by molar-refractivity contribution is -0.137. The molecule has 5 nitrogen and oxygen atoms in total. The summed E-state index contributed by atoms with van der Waals surface area (Å²) in [4.78, 5) is 2.35. The number of aliphatic imine (C=N–C) groups is 1. The Labute approximate surface area is 136 Å². The van der Waals surface area contributed by atoms with Crippen LogP contribution in [-0.2, 0) is 16.0 Å². The van der Waals surface area contributed by atoms with Gasteiger partial charge in [-0.25, -0.2) is 14.3 Å². The maximum Gasteiger partial charge on any atom is 0.501 e. The Hall–Kier alpha value is -1.47. The highest BCUT2D eigenvalue weighted by atomic mass is 32.2. The summed E-state index contributed by atoms with van der Waals surface area (Å²) in [6.07, 6.45) is -5.12. The van der Waals surface area contributed by atoms with Gasteiger partial charge in [0.1, 0.15) is 0 Å². The Morgan fingerprint density at radius 1 is 1.17 bits per heavy atom. The van der Waals surface area contributed by atoms with Crippen LogP contribution in [0.5, 0.6) is 0 Å².